The summed E-state index contributed by atoms with van der Waals surface area (Å²) in [5.41, 5.74) is -0.975. The van der Waals surface area contributed by atoms with Gasteiger partial charge in [-0.15, -0.1) is 0 Å². The van der Waals surface area contributed by atoms with Crippen molar-refractivity contribution in [3.8, 4) is 0 Å². The lowest BCUT2D eigenvalue weighted by atomic mass is 10.1. The van der Waals surface area contributed by atoms with E-state index in [0.717, 1.165) is 30.0 Å². The molecule has 1 unspecified atom stereocenters. The Morgan fingerprint density at radius 2 is 1.92 bits per heavy atom. The molecule has 1 aliphatic rings. The highest BCUT2D eigenvalue weighted by Gasteiger charge is 2.34. The van der Waals surface area contributed by atoms with Gasteiger partial charge in [-0.3, -0.25) is 9.59 Å². The van der Waals surface area contributed by atoms with Crippen LogP contribution in [0, 0.1) is 0 Å². The van der Waals surface area contributed by atoms with Crippen molar-refractivity contribution in [1.29, 1.82) is 0 Å². The number of carbonyl (C=O) groups is 2. The largest absolute Gasteiger partial charge is 0.416 e. The third-order valence-electron chi connectivity index (χ3n) is 4.31. The molecule has 2 rings (SSSR count). The van der Waals surface area contributed by atoms with E-state index in [9.17, 15) is 31.2 Å². The molecular formula is C16H19F3N2O4S. The van der Waals surface area contributed by atoms with E-state index in [-0.39, 0.29) is 17.2 Å². The van der Waals surface area contributed by atoms with Gasteiger partial charge < -0.3 is 9.80 Å². The number of rotatable bonds is 4. The van der Waals surface area contributed by atoms with Gasteiger partial charge in [0.1, 0.15) is 6.54 Å². The van der Waals surface area contributed by atoms with Crippen LogP contribution in [0.25, 0.3) is 0 Å². The summed E-state index contributed by atoms with van der Waals surface area (Å²) in [5, 5.41) is 0. The van der Waals surface area contributed by atoms with Gasteiger partial charge in [0.2, 0.25) is 11.8 Å². The Bertz CT molecular complexity index is 808. The summed E-state index contributed by atoms with van der Waals surface area (Å²) in [6, 6.07) is 3.65. The van der Waals surface area contributed by atoms with Crippen molar-refractivity contribution < 1.29 is 31.2 Å². The summed E-state index contributed by atoms with van der Waals surface area (Å²) >= 11 is 0. The molecule has 0 spiro atoms. The zero-order valence-corrected chi connectivity index (χ0v) is 15.1. The number of alkyl halides is 3. The molecular weight excluding hydrogens is 373 g/mol. The maximum atomic E-state index is 12.9. The third-order valence-corrected chi connectivity index (χ3v) is 6.06. The minimum atomic E-state index is -4.57. The minimum absolute atomic E-state index is 0.0145. The number of nitrogens with zero attached hydrogens (tertiary/aromatic N) is 2. The number of hydrogen-bond acceptors (Lipinski definition) is 4. The van der Waals surface area contributed by atoms with Gasteiger partial charge in [-0.2, -0.15) is 13.2 Å². The number of hydrogen-bond donors (Lipinski definition) is 0. The van der Waals surface area contributed by atoms with Crippen LogP contribution < -0.4 is 4.90 Å². The Labute approximate surface area is 149 Å². The molecule has 1 aromatic carbocycles. The van der Waals surface area contributed by atoms with Crippen LogP contribution in [0.5, 0.6) is 0 Å². The second-order valence-corrected chi connectivity index (χ2v) is 8.44. The normalized spacial score (nSPS) is 19.2. The van der Waals surface area contributed by atoms with Crippen LogP contribution in [0.15, 0.2) is 24.3 Å². The molecule has 6 nitrogen and oxygen atoms in total. The van der Waals surface area contributed by atoms with E-state index in [1.807, 2.05) is 0 Å². The minimum Gasteiger partial charge on any atom is -0.340 e. The van der Waals surface area contributed by atoms with Crippen LogP contribution in [0.1, 0.15) is 18.9 Å². The van der Waals surface area contributed by atoms with Gasteiger partial charge in [-0.1, -0.05) is 6.07 Å². The molecule has 1 fully saturated rings. The van der Waals surface area contributed by atoms with Crippen LogP contribution >= 0.6 is 0 Å². The van der Waals surface area contributed by atoms with Gasteiger partial charge in [0.05, 0.1) is 17.1 Å². The summed E-state index contributed by atoms with van der Waals surface area (Å²) in [6.45, 7) is 0.678. The van der Waals surface area contributed by atoms with E-state index in [1.165, 1.54) is 18.0 Å². The summed E-state index contributed by atoms with van der Waals surface area (Å²) in [7, 11) is -1.76. The molecule has 26 heavy (non-hydrogen) atoms. The smallest absolute Gasteiger partial charge is 0.340 e. The van der Waals surface area contributed by atoms with Crippen molar-refractivity contribution >= 4 is 27.3 Å². The van der Waals surface area contributed by atoms with Crippen LogP contribution in [0.2, 0.25) is 0 Å². The first-order valence-corrected chi connectivity index (χ1v) is 9.64. The highest BCUT2D eigenvalue weighted by Crippen LogP contribution is 2.31. The number of anilines is 1. The van der Waals surface area contributed by atoms with Crippen molar-refractivity contribution in [3.63, 3.8) is 0 Å². The molecule has 10 heteroatoms. The van der Waals surface area contributed by atoms with Gasteiger partial charge in [-0.25, -0.2) is 8.42 Å². The van der Waals surface area contributed by atoms with E-state index in [1.54, 1.807) is 0 Å². The molecule has 0 aliphatic carbocycles. The monoisotopic (exact) mass is 392 g/mol. The number of likely N-dealkylation sites (N-methyl/N-ethyl adjacent to an activating group) is 1. The van der Waals surface area contributed by atoms with Crippen molar-refractivity contribution in [2.75, 3.05) is 30.0 Å². The van der Waals surface area contributed by atoms with Crippen LogP contribution in [-0.4, -0.2) is 56.3 Å². The average Bonchev–Trinajstić information content (AvgIpc) is 2.90. The fourth-order valence-electron chi connectivity index (χ4n) is 2.77. The number of sulfone groups is 1. The first-order chi connectivity index (χ1) is 11.9. The first-order valence-electron chi connectivity index (χ1n) is 7.82. The highest BCUT2D eigenvalue weighted by atomic mass is 32.2. The molecule has 0 aromatic heterocycles. The first kappa shape index (κ1) is 20.2. The van der Waals surface area contributed by atoms with Crippen molar-refractivity contribution in [2.45, 2.75) is 25.6 Å². The lowest BCUT2D eigenvalue weighted by molar-refractivity contribution is -0.137. The average molecular weight is 392 g/mol. The van der Waals surface area contributed by atoms with E-state index in [4.69, 9.17) is 0 Å². The van der Waals surface area contributed by atoms with Crippen molar-refractivity contribution in [1.82, 2.24) is 4.90 Å². The maximum Gasteiger partial charge on any atom is 0.416 e. The van der Waals surface area contributed by atoms with Gasteiger partial charge >= 0.3 is 6.18 Å². The number of amides is 2. The number of benzene rings is 1. The molecule has 1 heterocycles. The van der Waals surface area contributed by atoms with Crippen LogP contribution in [-0.2, 0) is 25.6 Å². The topological polar surface area (TPSA) is 74.8 Å². The van der Waals surface area contributed by atoms with Gasteiger partial charge in [0.25, 0.3) is 0 Å². The lowest BCUT2D eigenvalue weighted by Gasteiger charge is -2.28. The van der Waals surface area contributed by atoms with Crippen LogP contribution in [0.3, 0.4) is 0 Å². The molecule has 1 atom stereocenters. The summed E-state index contributed by atoms with van der Waals surface area (Å²) < 4.78 is 61.7. The Kier molecular flexibility index (Phi) is 5.64. The molecule has 1 saturated heterocycles. The van der Waals surface area contributed by atoms with Crippen molar-refractivity contribution in [3.05, 3.63) is 29.8 Å². The fraction of sp³-hybridized carbons (Fsp3) is 0.500. The van der Waals surface area contributed by atoms with Crippen LogP contribution in [0.4, 0.5) is 18.9 Å². The zero-order chi connectivity index (χ0) is 19.7. The Balaban J connectivity index is 2.18. The van der Waals surface area contributed by atoms with E-state index >= 15 is 0 Å². The predicted octanol–water partition coefficient (Wildman–Crippen LogP) is 1.70. The standard InChI is InChI=1S/C16H19F3N2O4S/c1-11(22)21(13-5-3-4-12(8-13)16(17,18)19)9-15(23)20(2)14-6-7-26(24,25)10-14/h3-5,8,14H,6-7,9-10H2,1-2H3. The number of carbonyl (C=O) groups excluding carboxylic acids is 2. The quantitative estimate of drug-likeness (QED) is 0.782. The molecule has 0 N–H and O–H groups in total. The zero-order valence-electron chi connectivity index (χ0n) is 14.3. The predicted molar refractivity (Wildman–Crippen MR) is 89.3 cm³/mol. The molecule has 0 bridgehead atoms. The van der Waals surface area contributed by atoms with Gasteiger partial charge in [0, 0.05) is 25.7 Å². The third kappa shape index (κ3) is 4.75. The Hall–Kier alpha value is -2.10. The second-order valence-electron chi connectivity index (χ2n) is 6.21. The Morgan fingerprint density at radius 3 is 2.42 bits per heavy atom. The molecule has 0 radical (unpaired) electrons. The lowest BCUT2D eigenvalue weighted by Crippen LogP contribution is -2.45. The maximum absolute atomic E-state index is 12.9. The van der Waals surface area contributed by atoms with E-state index in [0.29, 0.717) is 6.42 Å². The molecule has 1 aliphatic heterocycles. The molecule has 2 amide bonds. The van der Waals surface area contributed by atoms with Crippen molar-refractivity contribution in [2.24, 2.45) is 0 Å². The summed E-state index contributed by atoms with van der Waals surface area (Å²) in [5.74, 6) is -1.30. The Morgan fingerprint density at radius 1 is 1.27 bits per heavy atom. The van der Waals surface area contributed by atoms with Gasteiger partial charge in [-0.05, 0) is 24.6 Å². The number of halogens is 3. The molecule has 1 aromatic rings. The summed E-state index contributed by atoms with van der Waals surface area (Å²) in [6.07, 6.45) is -4.27. The molecule has 0 saturated carbocycles. The van der Waals surface area contributed by atoms with E-state index in [2.05, 4.69) is 0 Å². The highest BCUT2D eigenvalue weighted by molar-refractivity contribution is 7.91. The summed E-state index contributed by atoms with van der Waals surface area (Å²) in [4.78, 5) is 26.5. The SMILES string of the molecule is CC(=O)N(CC(=O)N(C)C1CCS(=O)(=O)C1)c1cccc(C(F)(F)F)c1. The van der Waals surface area contributed by atoms with E-state index < -0.39 is 46.0 Å². The fourth-order valence-corrected chi connectivity index (χ4v) is 4.54. The van der Waals surface area contributed by atoms with Gasteiger partial charge in [0.15, 0.2) is 9.84 Å². The second kappa shape index (κ2) is 7.26. The molecule has 144 valence electrons.